The molecule has 0 atom stereocenters. The molecule has 0 aliphatic rings. The van der Waals surface area contributed by atoms with Crippen molar-refractivity contribution >= 4 is 27.9 Å². The van der Waals surface area contributed by atoms with Gasteiger partial charge in [0.2, 0.25) is 0 Å². The van der Waals surface area contributed by atoms with E-state index >= 15 is 0 Å². The number of carbonyl (C=O) groups is 1. The van der Waals surface area contributed by atoms with Crippen molar-refractivity contribution in [1.29, 1.82) is 0 Å². The highest BCUT2D eigenvalue weighted by molar-refractivity contribution is 7.91. The number of hydrogen-bond acceptors (Lipinski definition) is 4. The number of nitrogens with zero attached hydrogens (tertiary/aromatic N) is 2. The Morgan fingerprint density at radius 1 is 1.09 bits per heavy atom. The van der Waals surface area contributed by atoms with E-state index in [4.69, 9.17) is 4.42 Å². The average molecular weight is 320 g/mol. The molecule has 0 aliphatic heterocycles. The molecule has 1 amide bonds. The second-order valence-corrected chi connectivity index (χ2v) is 6.57. The number of para-hydroxylation sites is 1. The molecule has 1 heterocycles. The van der Waals surface area contributed by atoms with Gasteiger partial charge >= 0.3 is 10.2 Å². The lowest BCUT2D eigenvalue weighted by Crippen LogP contribution is -2.43. The van der Waals surface area contributed by atoms with Gasteiger partial charge in [0.25, 0.3) is 5.91 Å². The molecule has 0 saturated heterocycles. The summed E-state index contributed by atoms with van der Waals surface area (Å²) in [5.74, 6) is -0.222. The minimum atomic E-state index is -3.95. The fourth-order valence-corrected chi connectivity index (χ4v) is 2.71. The van der Waals surface area contributed by atoms with Crippen LogP contribution < -0.4 is 4.31 Å². The molecule has 0 aliphatic carbocycles. The van der Waals surface area contributed by atoms with Crippen LogP contribution in [0.5, 0.6) is 0 Å². The third-order valence-corrected chi connectivity index (χ3v) is 4.59. The molecule has 0 spiro atoms. The summed E-state index contributed by atoms with van der Waals surface area (Å²) in [6.45, 7) is 0. The Morgan fingerprint density at radius 2 is 1.77 bits per heavy atom. The van der Waals surface area contributed by atoms with Crippen LogP contribution in [0.4, 0.5) is 5.69 Å². The Hall–Kier alpha value is -2.38. The van der Waals surface area contributed by atoms with E-state index in [1.54, 1.807) is 42.5 Å². The van der Waals surface area contributed by atoms with E-state index < -0.39 is 16.1 Å². The van der Waals surface area contributed by atoms with Gasteiger partial charge in [-0.1, -0.05) is 18.2 Å². The summed E-state index contributed by atoms with van der Waals surface area (Å²) in [6.07, 6.45) is 4.05. The van der Waals surface area contributed by atoms with Gasteiger partial charge in [0.1, 0.15) is 5.76 Å². The first-order valence-electron chi connectivity index (χ1n) is 6.46. The second kappa shape index (κ2) is 6.59. The number of rotatable bonds is 5. The van der Waals surface area contributed by atoms with Gasteiger partial charge in [-0.2, -0.15) is 17.0 Å². The summed E-state index contributed by atoms with van der Waals surface area (Å²) in [5, 5.41) is 0. The summed E-state index contributed by atoms with van der Waals surface area (Å²) in [6, 6.07) is 11.5. The molecule has 7 heteroatoms. The number of anilines is 1. The Balaban J connectivity index is 2.39. The van der Waals surface area contributed by atoms with Gasteiger partial charge < -0.3 is 4.42 Å². The van der Waals surface area contributed by atoms with Gasteiger partial charge in [0.15, 0.2) is 0 Å². The maximum Gasteiger partial charge on any atom is 0.310 e. The van der Waals surface area contributed by atoms with Crippen LogP contribution in [0.2, 0.25) is 0 Å². The minimum absolute atomic E-state index is 0.269. The normalized spacial score (nSPS) is 12.0. The van der Waals surface area contributed by atoms with Crippen molar-refractivity contribution in [1.82, 2.24) is 4.31 Å². The Bertz CT molecular complexity index is 750. The van der Waals surface area contributed by atoms with Crippen molar-refractivity contribution in [2.24, 2.45) is 0 Å². The van der Waals surface area contributed by atoms with Gasteiger partial charge in [-0.3, -0.25) is 4.79 Å². The molecular weight excluding hydrogens is 304 g/mol. The fourth-order valence-electron chi connectivity index (χ4n) is 1.71. The molecule has 2 rings (SSSR count). The van der Waals surface area contributed by atoms with Gasteiger partial charge in [-0.15, -0.1) is 0 Å². The average Bonchev–Trinajstić information content (AvgIpc) is 2.99. The van der Waals surface area contributed by atoms with E-state index in [0.29, 0.717) is 5.76 Å². The molecule has 0 unspecified atom stereocenters. The Labute approximate surface area is 129 Å². The van der Waals surface area contributed by atoms with E-state index in [0.717, 1.165) is 14.7 Å². The van der Waals surface area contributed by atoms with Crippen LogP contribution in [-0.4, -0.2) is 32.7 Å². The monoisotopic (exact) mass is 320 g/mol. The minimum Gasteiger partial charge on any atom is -0.465 e. The van der Waals surface area contributed by atoms with Crippen molar-refractivity contribution in [3.05, 3.63) is 60.6 Å². The number of carbonyl (C=O) groups excluding carboxylic acids is 1. The molecule has 0 saturated carbocycles. The zero-order valence-corrected chi connectivity index (χ0v) is 13.0. The van der Waals surface area contributed by atoms with Crippen LogP contribution in [0.15, 0.2) is 59.2 Å². The predicted molar refractivity (Wildman–Crippen MR) is 84.3 cm³/mol. The highest BCUT2D eigenvalue weighted by Crippen LogP contribution is 2.20. The van der Waals surface area contributed by atoms with E-state index in [-0.39, 0.29) is 5.69 Å². The number of furan rings is 1. The maximum atomic E-state index is 12.4. The molecule has 6 nitrogen and oxygen atoms in total. The van der Waals surface area contributed by atoms with Gasteiger partial charge in [-0.05, 0) is 30.3 Å². The first-order chi connectivity index (χ1) is 10.4. The van der Waals surface area contributed by atoms with Gasteiger partial charge in [0.05, 0.1) is 12.0 Å². The van der Waals surface area contributed by atoms with E-state index in [1.807, 2.05) is 0 Å². The topological polar surface area (TPSA) is 70.8 Å². The number of amides is 1. The van der Waals surface area contributed by atoms with Crippen LogP contribution in [0.1, 0.15) is 5.76 Å². The maximum absolute atomic E-state index is 12.4. The lowest BCUT2D eigenvalue weighted by atomic mass is 10.3. The molecule has 116 valence electrons. The molecular formula is C15H16N2O4S. The molecule has 1 aromatic heterocycles. The summed E-state index contributed by atoms with van der Waals surface area (Å²) in [5.41, 5.74) is 0.269. The fraction of sp³-hybridized carbons (Fsp3) is 0.133. The van der Waals surface area contributed by atoms with Gasteiger partial charge in [-0.25, -0.2) is 0 Å². The SMILES string of the molecule is CN(C)S(=O)(=O)N(C(=O)C=Cc1ccco1)c1ccccc1. The van der Waals surface area contributed by atoms with Gasteiger partial charge in [0, 0.05) is 20.2 Å². The van der Waals surface area contributed by atoms with E-state index in [1.165, 1.54) is 26.4 Å². The number of hydrogen-bond donors (Lipinski definition) is 0. The third-order valence-electron chi connectivity index (χ3n) is 2.82. The summed E-state index contributed by atoms with van der Waals surface area (Å²) < 4.78 is 31.6. The molecule has 1 aromatic carbocycles. The van der Waals surface area contributed by atoms with Crippen LogP contribution >= 0.6 is 0 Å². The van der Waals surface area contributed by atoms with E-state index in [9.17, 15) is 13.2 Å². The lowest BCUT2D eigenvalue weighted by Gasteiger charge is -2.24. The second-order valence-electron chi connectivity index (χ2n) is 4.58. The van der Waals surface area contributed by atoms with Crippen LogP contribution in [0.3, 0.4) is 0 Å². The van der Waals surface area contributed by atoms with E-state index in [2.05, 4.69) is 0 Å². The van der Waals surface area contributed by atoms with Crippen LogP contribution in [-0.2, 0) is 15.0 Å². The molecule has 2 aromatic rings. The van der Waals surface area contributed by atoms with Crippen LogP contribution in [0, 0.1) is 0 Å². The molecule has 0 fully saturated rings. The first kappa shape index (κ1) is 16.0. The predicted octanol–water partition coefficient (Wildman–Crippen LogP) is 2.13. The number of benzene rings is 1. The Morgan fingerprint density at radius 3 is 2.32 bits per heavy atom. The molecule has 0 bridgehead atoms. The lowest BCUT2D eigenvalue weighted by molar-refractivity contribution is -0.113. The molecule has 0 radical (unpaired) electrons. The van der Waals surface area contributed by atoms with Crippen molar-refractivity contribution in [2.75, 3.05) is 18.4 Å². The summed E-state index contributed by atoms with van der Waals surface area (Å²) >= 11 is 0. The zero-order valence-electron chi connectivity index (χ0n) is 12.2. The smallest absolute Gasteiger partial charge is 0.310 e. The summed E-state index contributed by atoms with van der Waals surface area (Å²) in [7, 11) is -1.21. The van der Waals surface area contributed by atoms with Crippen molar-refractivity contribution in [3.63, 3.8) is 0 Å². The zero-order chi connectivity index (χ0) is 16.2. The van der Waals surface area contributed by atoms with Crippen LogP contribution in [0.25, 0.3) is 6.08 Å². The summed E-state index contributed by atoms with van der Waals surface area (Å²) in [4.78, 5) is 12.4. The third kappa shape index (κ3) is 3.44. The highest BCUT2D eigenvalue weighted by Gasteiger charge is 2.29. The van der Waals surface area contributed by atoms with Crippen molar-refractivity contribution < 1.29 is 17.6 Å². The largest absolute Gasteiger partial charge is 0.465 e. The first-order valence-corrected chi connectivity index (χ1v) is 7.86. The van der Waals surface area contributed by atoms with Crippen molar-refractivity contribution in [2.45, 2.75) is 0 Å². The molecule has 0 N–H and O–H groups in total. The highest BCUT2D eigenvalue weighted by atomic mass is 32.2. The standard InChI is InChI=1S/C15H16N2O4S/c1-16(2)22(19,20)17(13-7-4-3-5-8-13)15(18)11-10-14-9-6-12-21-14/h3-12H,1-2H3. The van der Waals surface area contributed by atoms with Crippen molar-refractivity contribution in [3.8, 4) is 0 Å². The molecule has 22 heavy (non-hydrogen) atoms. The Kier molecular flexibility index (Phi) is 4.79. The quantitative estimate of drug-likeness (QED) is 0.791.